The van der Waals surface area contributed by atoms with E-state index in [0.717, 1.165) is 0 Å². The van der Waals surface area contributed by atoms with E-state index in [1.807, 2.05) is 0 Å². The topological polar surface area (TPSA) is 59.1 Å². The largest absolute Gasteiger partial charge is 0.398 e. The summed E-state index contributed by atoms with van der Waals surface area (Å²) in [6, 6.07) is 1.67. The minimum Gasteiger partial charge on any atom is -0.398 e. The number of nitrogen functional groups attached to an aromatic ring is 1. The van der Waals surface area contributed by atoms with E-state index in [2.05, 4.69) is 20.9 Å². The van der Waals surface area contributed by atoms with Crippen molar-refractivity contribution < 1.29 is 5.11 Å². The van der Waals surface area contributed by atoms with Crippen molar-refractivity contribution in [2.24, 2.45) is 0 Å². The molecular formula is C6H7BrN2O. The van der Waals surface area contributed by atoms with Crippen LogP contribution < -0.4 is 5.73 Å². The van der Waals surface area contributed by atoms with Gasteiger partial charge in [0, 0.05) is 11.9 Å². The number of aromatic nitrogens is 1. The number of nitrogens with two attached hydrogens (primary N) is 1. The van der Waals surface area contributed by atoms with Crippen LogP contribution in [0.15, 0.2) is 16.7 Å². The van der Waals surface area contributed by atoms with Crippen LogP contribution in [0.1, 0.15) is 5.69 Å². The normalized spacial score (nSPS) is 9.80. The van der Waals surface area contributed by atoms with Crippen LogP contribution in [0.2, 0.25) is 0 Å². The third-order valence-corrected chi connectivity index (χ3v) is 2.06. The lowest BCUT2D eigenvalue weighted by atomic mass is 10.3. The number of hydrogen-bond donors (Lipinski definition) is 2. The first kappa shape index (κ1) is 7.50. The predicted octanol–water partition coefficient (Wildman–Crippen LogP) is 0.919. The van der Waals surface area contributed by atoms with Crippen molar-refractivity contribution in [1.29, 1.82) is 0 Å². The molecule has 0 saturated heterocycles. The Hall–Kier alpha value is -0.610. The van der Waals surface area contributed by atoms with E-state index in [1.54, 1.807) is 12.3 Å². The third-order valence-electron chi connectivity index (χ3n) is 1.14. The van der Waals surface area contributed by atoms with Gasteiger partial charge >= 0.3 is 0 Å². The van der Waals surface area contributed by atoms with Crippen LogP contribution >= 0.6 is 15.9 Å². The molecule has 0 saturated carbocycles. The van der Waals surface area contributed by atoms with Gasteiger partial charge in [0.1, 0.15) is 0 Å². The van der Waals surface area contributed by atoms with Crippen molar-refractivity contribution in [3.8, 4) is 0 Å². The number of nitrogens with zero attached hydrogens (tertiary/aromatic N) is 1. The Morgan fingerprint density at radius 3 is 2.90 bits per heavy atom. The van der Waals surface area contributed by atoms with E-state index in [-0.39, 0.29) is 6.61 Å². The standard InChI is InChI=1S/C6H7BrN2O/c7-6-4(8)1-2-9-5(6)3-10/h1-2,10H,3H2,(H2,8,9). The van der Waals surface area contributed by atoms with Gasteiger partial charge in [0.2, 0.25) is 0 Å². The highest BCUT2D eigenvalue weighted by Gasteiger charge is 2.01. The minimum atomic E-state index is -0.0916. The molecule has 3 N–H and O–H groups in total. The van der Waals surface area contributed by atoms with Crippen LogP contribution in [0.25, 0.3) is 0 Å². The molecular weight excluding hydrogens is 196 g/mol. The van der Waals surface area contributed by atoms with E-state index >= 15 is 0 Å². The smallest absolute Gasteiger partial charge is 0.0865 e. The number of anilines is 1. The van der Waals surface area contributed by atoms with Crippen molar-refractivity contribution in [3.63, 3.8) is 0 Å². The summed E-state index contributed by atoms with van der Waals surface area (Å²) in [6.07, 6.45) is 1.56. The zero-order chi connectivity index (χ0) is 7.56. The predicted molar refractivity (Wildman–Crippen MR) is 42.3 cm³/mol. The Kier molecular flexibility index (Phi) is 2.24. The van der Waals surface area contributed by atoms with E-state index in [0.29, 0.717) is 15.9 Å². The highest BCUT2D eigenvalue weighted by atomic mass is 79.9. The third kappa shape index (κ3) is 1.27. The highest BCUT2D eigenvalue weighted by molar-refractivity contribution is 9.10. The molecule has 3 nitrogen and oxygen atoms in total. The molecule has 4 heteroatoms. The number of aliphatic hydroxyl groups excluding tert-OH is 1. The van der Waals surface area contributed by atoms with Crippen LogP contribution in [-0.2, 0) is 6.61 Å². The molecule has 0 atom stereocenters. The molecule has 1 aromatic heterocycles. The van der Waals surface area contributed by atoms with E-state index in [4.69, 9.17) is 10.8 Å². The zero-order valence-electron chi connectivity index (χ0n) is 5.21. The molecule has 0 amide bonds. The first-order valence-electron chi connectivity index (χ1n) is 2.75. The summed E-state index contributed by atoms with van der Waals surface area (Å²) in [6.45, 7) is -0.0916. The van der Waals surface area contributed by atoms with E-state index in [1.165, 1.54) is 0 Å². The second-order valence-electron chi connectivity index (χ2n) is 1.82. The Labute approximate surface area is 67.0 Å². The molecule has 0 unspecified atom stereocenters. The molecule has 1 heterocycles. The highest BCUT2D eigenvalue weighted by Crippen LogP contribution is 2.21. The summed E-state index contributed by atoms with van der Waals surface area (Å²) < 4.78 is 0.678. The van der Waals surface area contributed by atoms with Gasteiger partial charge in [0.15, 0.2) is 0 Å². The summed E-state index contributed by atoms with van der Waals surface area (Å²) in [5.74, 6) is 0. The minimum absolute atomic E-state index is 0.0916. The summed E-state index contributed by atoms with van der Waals surface area (Å²) >= 11 is 3.19. The van der Waals surface area contributed by atoms with Gasteiger partial charge in [-0.15, -0.1) is 0 Å². The molecule has 0 aromatic carbocycles. The fraction of sp³-hybridized carbons (Fsp3) is 0.167. The molecule has 1 aromatic rings. The van der Waals surface area contributed by atoms with Gasteiger partial charge in [-0.3, -0.25) is 4.98 Å². The van der Waals surface area contributed by atoms with Gasteiger partial charge < -0.3 is 10.8 Å². The maximum absolute atomic E-state index is 8.69. The fourth-order valence-electron chi connectivity index (χ4n) is 0.614. The maximum Gasteiger partial charge on any atom is 0.0865 e. The molecule has 1 rings (SSSR count). The van der Waals surface area contributed by atoms with Crippen molar-refractivity contribution in [3.05, 3.63) is 22.4 Å². The fourth-order valence-corrected chi connectivity index (χ4v) is 0.974. The average Bonchev–Trinajstić information content (AvgIpc) is 1.95. The van der Waals surface area contributed by atoms with Crippen molar-refractivity contribution in [2.45, 2.75) is 6.61 Å². The molecule has 0 aliphatic rings. The molecule has 0 bridgehead atoms. The number of pyridine rings is 1. The zero-order valence-corrected chi connectivity index (χ0v) is 6.80. The molecule has 0 radical (unpaired) electrons. The van der Waals surface area contributed by atoms with Crippen molar-refractivity contribution >= 4 is 21.6 Å². The van der Waals surface area contributed by atoms with Gasteiger partial charge in [-0.25, -0.2) is 0 Å². The average molecular weight is 203 g/mol. The first-order valence-corrected chi connectivity index (χ1v) is 3.54. The van der Waals surface area contributed by atoms with Crippen LogP contribution in [0.4, 0.5) is 5.69 Å². The Balaban J connectivity index is 3.14. The summed E-state index contributed by atoms with van der Waals surface area (Å²) in [5.41, 5.74) is 6.66. The van der Waals surface area contributed by atoms with Crippen LogP contribution in [0.5, 0.6) is 0 Å². The Bertz CT molecular complexity index is 239. The van der Waals surface area contributed by atoms with Crippen LogP contribution in [0, 0.1) is 0 Å². The van der Waals surface area contributed by atoms with Crippen molar-refractivity contribution in [1.82, 2.24) is 4.98 Å². The number of hydrogen-bond acceptors (Lipinski definition) is 3. The van der Waals surface area contributed by atoms with Crippen LogP contribution in [-0.4, -0.2) is 10.1 Å². The van der Waals surface area contributed by atoms with E-state index in [9.17, 15) is 0 Å². The van der Waals surface area contributed by atoms with Gasteiger partial charge in [-0.2, -0.15) is 0 Å². The lowest BCUT2D eigenvalue weighted by Crippen LogP contribution is -1.94. The van der Waals surface area contributed by atoms with E-state index < -0.39 is 0 Å². The second-order valence-corrected chi connectivity index (χ2v) is 2.61. The molecule has 10 heavy (non-hydrogen) atoms. The summed E-state index contributed by atoms with van der Waals surface area (Å²) in [4.78, 5) is 3.88. The van der Waals surface area contributed by atoms with Gasteiger partial charge in [-0.1, -0.05) is 0 Å². The molecule has 0 aliphatic carbocycles. The maximum atomic E-state index is 8.69. The quantitative estimate of drug-likeness (QED) is 0.713. The molecule has 0 aliphatic heterocycles. The summed E-state index contributed by atoms with van der Waals surface area (Å²) in [7, 11) is 0. The first-order chi connectivity index (χ1) is 4.75. The van der Waals surface area contributed by atoms with Gasteiger partial charge in [-0.05, 0) is 22.0 Å². The Morgan fingerprint density at radius 1 is 1.70 bits per heavy atom. The second kappa shape index (κ2) is 2.98. The van der Waals surface area contributed by atoms with Crippen molar-refractivity contribution in [2.75, 3.05) is 5.73 Å². The molecule has 54 valence electrons. The number of aliphatic hydroxyl groups is 1. The van der Waals surface area contributed by atoms with Gasteiger partial charge in [0.25, 0.3) is 0 Å². The Morgan fingerprint density at radius 2 is 2.40 bits per heavy atom. The summed E-state index contributed by atoms with van der Waals surface area (Å²) in [5, 5.41) is 8.69. The number of halogens is 1. The molecule has 0 fully saturated rings. The monoisotopic (exact) mass is 202 g/mol. The molecule has 0 spiro atoms. The number of rotatable bonds is 1. The van der Waals surface area contributed by atoms with Gasteiger partial charge in [0.05, 0.1) is 16.8 Å². The lowest BCUT2D eigenvalue weighted by molar-refractivity contribution is 0.276. The lowest BCUT2D eigenvalue weighted by Gasteiger charge is -2.00. The van der Waals surface area contributed by atoms with Crippen LogP contribution in [0.3, 0.4) is 0 Å². The SMILES string of the molecule is Nc1ccnc(CO)c1Br.